The maximum absolute atomic E-state index is 12.3. The molecule has 0 unspecified atom stereocenters. The van der Waals surface area contributed by atoms with E-state index in [1.807, 2.05) is 74.8 Å². The second-order valence-electron chi connectivity index (χ2n) is 7.16. The number of hydrogen-bond donors (Lipinski definition) is 2. The lowest BCUT2D eigenvalue weighted by Gasteiger charge is -2.09. The summed E-state index contributed by atoms with van der Waals surface area (Å²) in [5.41, 5.74) is 6.52. The molecule has 0 radical (unpaired) electrons. The van der Waals surface area contributed by atoms with Crippen molar-refractivity contribution in [3.8, 4) is 5.69 Å². The Morgan fingerprint density at radius 3 is 2.34 bits per heavy atom. The van der Waals surface area contributed by atoms with Crippen LogP contribution < -0.4 is 10.6 Å². The Labute approximate surface area is 170 Å². The summed E-state index contributed by atoms with van der Waals surface area (Å²) in [5, 5.41) is 10.1. The first-order valence-electron chi connectivity index (χ1n) is 9.59. The molecule has 2 N–H and O–H groups in total. The summed E-state index contributed by atoms with van der Waals surface area (Å²) in [6, 6.07) is 15.4. The van der Waals surface area contributed by atoms with Gasteiger partial charge in [-0.3, -0.25) is 9.59 Å². The van der Waals surface area contributed by atoms with Crippen LogP contribution in [0.1, 0.15) is 38.4 Å². The van der Waals surface area contributed by atoms with Crippen LogP contribution in [0.5, 0.6) is 0 Å². The maximum Gasteiger partial charge on any atom is 0.251 e. The molecule has 0 fully saturated rings. The number of aryl methyl sites for hydroxylation is 3. The third-order valence-electron chi connectivity index (χ3n) is 5.08. The molecule has 0 bridgehead atoms. The predicted octanol–water partition coefficient (Wildman–Crippen LogP) is 3.15. The SMILES string of the molecule is Cc1ccc(C(=O)NCC(=O)NCc2c(C)nn(-c3ccccc3)c2C)cc1C. The molecule has 0 saturated heterocycles. The highest BCUT2D eigenvalue weighted by atomic mass is 16.2. The molecule has 0 aliphatic carbocycles. The molecular weight excluding hydrogens is 364 g/mol. The fourth-order valence-electron chi connectivity index (χ4n) is 3.15. The molecular formula is C23H26N4O2. The van der Waals surface area contributed by atoms with Gasteiger partial charge in [-0.1, -0.05) is 24.3 Å². The van der Waals surface area contributed by atoms with Crippen molar-refractivity contribution >= 4 is 11.8 Å². The van der Waals surface area contributed by atoms with Crippen LogP contribution in [0.3, 0.4) is 0 Å². The summed E-state index contributed by atoms with van der Waals surface area (Å²) in [4.78, 5) is 24.5. The fourth-order valence-corrected chi connectivity index (χ4v) is 3.15. The number of rotatable bonds is 6. The summed E-state index contributed by atoms with van der Waals surface area (Å²) in [5.74, 6) is -0.499. The van der Waals surface area contributed by atoms with Gasteiger partial charge in [0.15, 0.2) is 0 Å². The van der Waals surface area contributed by atoms with E-state index in [9.17, 15) is 9.59 Å². The third kappa shape index (κ3) is 4.71. The molecule has 2 amide bonds. The number of hydrogen-bond acceptors (Lipinski definition) is 3. The van der Waals surface area contributed by atoms with Crippen LogP contribution in [-0.4, -0.2) is 28.1 Å². The van der Waals surface area contributed by atoms with Crippen molar-refractivity contribution in [1.82, 2.24) is 20.4 Å². The van der Waals surface area contributed by atoms with E-state index in [1.54, 1.807) is 6.07 Å². The van der Waals surface area contributed by atoms with E-state index >= 15 is 0 Å². The Bertz CT molecular complexity index is 1040. The Hall–Kier alpha value is -3.41. The largest absolute Gasteiger partial charge is 0.350 e. The molecule has 1 aromatic heterocycles. The summed E-state index contributed by atoms with van der Waals surface area (Å²) in [7, 11) is 0. The van der Waals surface area contributed by atoms with Crippen molar-refractivity contribution in [2.24, 2.45) is 0 Å². The minimum atomic E-state index is -0.257. The standard InChI is InChI=1S/C23H26N4O2/c1-15-10-11-19(12-16(15)2)23(29)25-14-22(28)24-13-21-17(3)26-27(18(21)4)20-8-6-5-7-9-20/h5-12H,13-14H2,1-4H3,(H,24,28)(H,25,29). The zero-order valence-corrected chi connectivity index (χ0v) is 17.2. The molecule has 6 nitrogen and oxygen atoms in total. The van der Waals surface area contributed by atoms with Gasteiger partial charge in [0.2, 0.25) is 5.91 Å². The van der Waals surface area contributed by atoms with Gasteiger partial charge in [0, 0.05) is 23.4 Å². The Kier molecular flexibility index (Phi) is 6.12. The molecule has 0 aliphatic heterocycles. The van der Waals surface area contributed by atoms with Gasteiger partial charge in [-0.05, 0) is 63.1 Å². The van der Waals surface area contributed by atoms with Crippen molar-refractivity contribution in [2.75, 3.05) is 6.54 Å². The van der Waals surface area contributed by atoms with Crippen molar-refractivity contribution in [3.05, 3.63) is 82.2 Å². The Balaban J connectivity index is 1.58. The van der Waals surface area contributed by atoms with Crippen molar-refractivity contribution in [3.63, 3.8) is 0 Å². The average Bonchev–Trinajstić information content (AvgIpc) is 3.00. The summed E-state index contributed by atoms with van der Waals surface area (Å²) >= 11 is 0. The smallest absolute Gasteiger partial charge is 0.251 e. The van der Waals surface area contributed by atoms with Crippen LogP contribution in [0.15, 0.2) is 48.5 Å². The lowest BCUT2D eigenvalue weighted by Crippen LogP contribution is -2.36. The highest BCUT2D eigenvalue weighted by Gasteiger charge is 2.14. The van der Waals surface area contributed by atoms with Gasteiger partial charge in [-0.15, -0.1) is 0 Å². The first-order valence-corrected chi connectivity index (χ1v) is 9.59. The zero-order chi connectivity index (χ0) is 21.0. The Morgan fingerprint density at radius 1 is 0.931 bits per heavy atom. The van der Waals surface area contributed by atoms with Crippen molar-refractivity contribution in [2.45, 2.75) is 34.2 Å². The van der Waals surface area contributed by atoms with E-state index < -0.39 is 0 Å². The zero-order valence-electron chi connectivity index (χ0n) is 17.2. The van der Waals surface area contributed by atoms with Crippen LogP contribution in [0.4, 0.5) is 0 Å². The monoisotopic (exact) mass is 390 g/mol. The number of para-hydroxylation sites is 1. The second kappa shape index (κ2) is 8.73. The summed E-state index contributed by atoms with van der Waals surface area (Å²) in [6.07, 6.45) is 0. The highest BCUT2D eigenvalue weighted by molar-refractivity contribution is 5.96. The van der Waals surface area contributed by atoms with Crippen molar-refractivity contribution < 1.29 is 9.59 Å². The molecule has 2 aromatic carbocycles. The minimum Gasteiger partial charge on any atom is -0.350 e. The Morgan fingerprint density at radius 2 is 1.66 bits per heavy atom. The third-order valence-corrected chi connectivity index (χ3v) is 5.08. The van der Waals surface area contributed by atoms with Crippen LogP contribution >= 0.6 is 0 Å². The van der Waals surface area contributed by atoms with Gasteiger partial charge in [0.05, 0.1) is 17.9 Å². The molecule has 150 valence electrons. The molecule has 1 heterocycles. The number of amides is 2. The highest BCUT2D eigenvalue weighted by Crippen LogP contribution is 2.17. The van der Waals surface area contributed by atoms with Crippen LogP contribution in [-0.2, 0) is 11.3 Å². The lowest BCUT2D eigenvalue weighted by molar-refractivity contribution is -0.120. The van der Waals surface area contributed by atoms with E-state index in [-0.39, 0.29) is 18.4 Å². The first-order chi connectivity index (χ1) is 13.9. The van der Waals surface area contributed by atoms with E-state index in [2.05, 4.69) is 15.7 Å². The molecule has 3 rings (SSSR count). The van der Waals surface area contributed by atoms with Gasteiger partial charge in [0.25, 0.3) is 5.91 Å². The van der Waals surface area contributed by atoms with E-state index in [0.717, 1.165) is 33.8 Å². The average molecular weight is 390 g/mol. The topological polar surface area (TPSA) is 76.0 Å². The van der Waals surface area contributed by atoms with Gasteiger partial charge in [-0.2, -0.15) is 5.10 Å². The van der Waals surface area contributed by atoms with Crippen LogP contribution in [0, 0.1) is 27.7 Å². The number of aromatic nitrogens is 2. The molecule has 0 saturated carbocycles. The molecule has 6 heteroatoms. The first kappa shape index (κ1) is 20.3. The number of nitrogens with zero attached hydrogens (tertiary/aromatic N) is 2. The normalized spacial score (nSPS) is 10.6. The van der Waals surface area contributed by atoms with E-state index in [0.29, 0.717) is 12.1 Å². The van der Waals surface area contributed by atoms with Gasteiger partial charge in [-0.25, -0.2) is 4.68 Å². The molecule has 3 aromatic rings. The number of carbonyl (C=O) groups is 2. The molecule has 0 spiro atoms. The lowest BCUT2D eigenvalue weighted by atomic mass is 10.1. The van der Waals surface area contributed by atoms with Crippen LogP contribution in [0.2, 0.25) is 0 Å². The fraction of sp³-hybridized carbons (Fsp3) is 0.261. The summed E-state index contributed by atoms with van der Waals surface area (Å²) < 4.78 is 1.87. The van der Waals surface area contributed by atoms with Crippen LogP contribution in [0.25, 0.3) is 5.69 Å². The van der Waals surface area contributed by atoms with E-state index in [1.165, 1.54) is 0 Å². The number of carbonyl (C=O) groups excluding carboxylic acids is 2. The maximum atomic E-state index is 12.3. The molecule has 0 aliphatic rings. The van der Waals surface area contributed by atoms with Gasteiger partial charge >= 0.3 is 0 Å². The van der Waals surface area contributed by atoms with E-state index in [4.69, 9.17) is 0 Å². The summed E-state index contributed by atoms with van der Waals surface area (Å²) in [6.45, 7) is 8.15. The number of nitrogens with one attached hydrogen (secondary N) is 2. The van der Waals surface area contributed by atoms with Crippen molar-refractivity contribution in [1.29, 1.82) is 0 Å². The van der Waals surface area contributed by atoms with Gasteiger partial charge in [0.1, 0.15) is 0 Å². The second-order valence-corrected chi connectivity index (χ2v) is 7.16. The molecule has 0 atom stereocenters. The minimum absolute atomic E-state index is 0.0727. The molecule has 29 heavy (non-hydrogen) atoms. The van der Waals surface area contributed by atoms with Gasteiger partial charge < -0.3 is 10.6 Å². The predicted molar refractivity (Wildman–Crippen MR) is 113 cm³/mol. The quantitative estimate of drug-likeness (QED) is 0.679. The number of benzene rings is 2.